The van der Waals surface area contributed by atoms with E-state index in [2.05, 4.69) is 21.0 Å². The molecule has 2 heterocycles. The van der Waals surface area contributed by atoms with Crippen molar-refractivity contribution >= 4 is 15.9 Å². The van der Waals surface area contributed by atoms with Crippen LogP contribution in [0.2, 0.25) is 0 Å². The molecule has 0 aliphatic carbocycles. The topological polar surface area (TPSA) is 36.3 Å². The number of methoxy groups -OCH3 is 1. The Hall–Kier alpha value is -0.550. The molecule has 0 bridgehead atoms. The van der Waals surface area contributed by atoms with Gasteiger partial charge in [-0.3, -0.25) is 0 Å². The number of halogens is 1. The van der Waals surface area contributed by atoms with Gasteiger partial charge in [0.1, 0.15) is 0 Å². The van der Waals surface area contributed by atoms with Crippen LogP contribution in [0.25, 0.3) is 0 Å². The maximum atomic E-state index is 5.52. The van der Waals surface area contributed by atoms with Crippen molar-refractivity contribution < 1.29 is 9.47 Å². The fourth-order valence-electron chi connectivity index (χ4n) is 1.39. The predicted octanol–water partition coefficient (Wildman–Crippen LogP) is 1.44. The maximum Gasteiger partial charge on any atom is 0.226 e. The average molecular weight is 247 g/mol. The average Bonchev–Trinajstić information content (AvgIpc) is 2.41. The third-order valence-electron chi connectivity index (χ3n) is 2.14. The van der Waals surface area contributed by atoms with Gasteiger partial charge >= 0.3 is 0 Å². The van der Waals surface area contributed by atoms with Crippen molar-refractivity contribution in [3.63, 3.8) is 0 Å². The summed E-state index contributed by atoms with van der Waals surface area (Å²) in [7, 11) is 1.72. The van der Waals surface area contributed by atoms with Gasteiger partial charge in [-0.05, 0) is 15.9 Å². The summed E-state index contributed by atoms with van der Waals surface area (Å²) in [6, 6.07) is 0. The molecule has 1 unspecified atom stereocenters. The second-order valence-corrected chi connectivity index (χ2v) is 3.83. The normalized spacial score (nSPS) is 21.8. The van der Waals surface area contributed by atoms with Gasteiger partial charge in [-0.1, -0.05) is 0 Å². The van der Waals surface area contributed by atoms with Crippen LogP contribution in [0.1, 0.15) is 6.42 Å². The predicted molar refractivity (Wildman–Crippen MR) is 50.8 cm³/mol. The summed E-state index contributed by atoms with van der Waals surface area (Å²) >= 11 is 3.38. The van der Waals surface area contributed by atoms with Gasteiger partial charge in [0.05, 0.1) is 29.9 Å². The number of hydrogen-bond acceptors (Lipinski definition) is 3. The molecule has 0 saturated heterocycles. The summed E-state index contributed by atoms with van der Waals surface area (Å²) in [5.74, 6) is 0.805. The van der Waals surface area contributed by atoms with Gasteiger partial charge < -0.3 is 9.47 Å². The highest BCUT2D eigenvalue weighted by molar-refractivity contribution is 9.10. The quantitative estimate of drug-likeness (QED) is 0.753. The van der Waals surface area contributed by atoms with E-state index in [1.807, 2.05) is 4.68 Å². The van der Waals surface area contributed by atoms with E-state index in [9.17, 15) is 0 Å². The number of hydrogen-bond donors (Lipinski definition) is 0. The molecule has 0 fully saturated rings. The zero-order chi connectivity index (χ0) is 9.26. The fraction of sp³-hybridized carbons (Fsp3) is 0.625. The highest BCUT2D eigenvalue weighted by Crippen LogP contribution is 2.27. The van der Waals surface area contributed by atoms with Crippen LogP contribution >= 0.6 is 15.9 Å². The lowest BCUT2D eigenvalue weighted by molar-refractivity contribution is 0.0775. The van der Waals surface area contributed by atoms with Crippen molar-refractivity contribution in [3.8, 4) is 5.88 Å². The van der Waals surface area contributed by atoms with Crippen molar-refractivity contribution in [2.75, 3.05) is 13.7 Å². The molecule has 1 aliphatic rings. The Morgan fingerprint density at radius 1 is 1.77 bits per heavy atom. The summed E-state index contributed by atoms with van der Waals surface area (Å²) in [5.41, 5.74) is 0. The van der Waals surface area contributed by atoms with Crippen LogP contribution in [0.15, 0.2) is 10.7 Å². The molecule has 0 saturated carbocycles. The van der Waals surface area contributed by atoms with Gasteiger partial charge in [-0.25, -0.2) is 4.68 Å². The summed E-state index contributed by atoms with van der Waals surface area (Å²) < 4.78 is 13.5. The van der Waals surface area contributed by atoms with Crippen molar-refractivity contribution in [1.82, 2.24) is 9.78 Å². The first-order valence-corrected chi connectivity index (χ1v) is 4.97. The minimum Gasteiger partial charge on any atom is -0.477 e. The van der Waals surface area contributed by atoms with Gasteiger partial charge in [0, 0.05) is 13.5 Å². The number of ether oxygens (including phenoxy) is 2. The van der Waals surface area contributed by atoms with Gasteiger partial charge in [0.2, 0.25) is 5.88 Å². The zero-order valence-electron chi connectivity index (χ0n) is 7.36. The molecule has 1 aliphatic heterocycles. The molecule has 1 atom stereocenters. The highest BCUT2D eigenvalue weighted by Gasteiger charge is 2.19. The van der Waals surface area contributed by atoms with E-state index in [1.54, 1.807) is 13.3 Å². The molecule has 0 spiro atoms. The van der Waals surface area contributed by atoms with Crippen LogP contribution in [-0.2, 0) is 11.3 Å². The lowest BCUT2D eigenvalue weighted by atomic mass is 10.3. The zero-order valence-corrected chi connectivity index (χ0v) is 8.95. The monoisotopic (exact) mass is 246 g/mol. The van der Waals surface area contributed by atoms with Crippen LogP contribution in [-0.4, -0.2) is 29.6 Å². The Labute approximate surface area is 85.0 Å². The van der Waals surface area contributed by atoms with Crippen molar-refractivity contribution in [2.45, 2.75) is 19.1 Å². The second-order valence-electron chi connectivity index (χ2n) is 2.97. The summed E-state index contributed by atoms with van der Waals surface area (Å²) in [6.07, 6.45) is 2.85. The Morgan fingerprint density at radius 2 is 2.62 bits per heavy atom. The maximum absolute atomic E-state index is 5.52. The fourth-order valence-corrected chi connectivity index (χ4v) is 1.80. The molecule has 1 aromatic rings. The summed E-state index contributed by atoms with van der Waals surface area (Å²) in [5, 5.41) is 4.18. The smallest absolute Gasteiger partial charge is 0.226 e. The largest absolute Gasteiger partial charge is 0.477 e. The molecular weight excluding hydrogens is 236 g/mol. The third-order valence-corrected chi connectivity index (χ3v) is 2.68. The number of aromatic nitrogens is 2. The summed E-state index contributed by atoms with van der Waals surface area (Å²) in [4.78, 5) is 0. The molecule has 0 radical (unpaired) electrons. The van der Waals surface area contributed by atoms with Gasteiger partial charge in [-0.2, -0.15) is 5.10 Å². The lowest BCUT2D eigenvalue weighted by Gasteiger charge is -2.10. The van der Waals surface area contributed by atoms with E-state index in [1.165, 1.54) is 0 Å². The van der Waals surface area contributed by atoms with E-state index in [4.69, 9.17) is 9.47 Å². The van der Waals surface area contributed by atoms with E-state index < -0.39 is 0 Å². The van der Waals surface area contributed by atoms with Gasteiger partial charge in [-0.15, -0.1) is 0 Å². The highest BCUT2D eigenvalue weighted by atomic mass is 79.9. The summed E-state index contributed by atoms with van der Waals surface area (Å²) in [6.45, 7) is 1.44. The molecule has 0 N–H and O–H groups in total. The van der Waals surface area contributed by atoms with Crippen LogP contribution in [0, 0.1) is 0 Å². The van der Waals surface area contributed by atoms with Crippen molar-refractivity contribution in [1.29, 1.82) is 0 Å². The van der Waals surface area contributed by atoms with Crippen LogP contribution < -0.4 is 4.74 Å². The molecule has 2 rings (SSSR count). The third kappa shape index (κ3) is 1.71. The van der Waals surface area contributed by atoms with Crippen molar-refractivity contribution in [3.05, 3.63) is 10.7 Å². The van der Waals surface area contributed by atoms with E-state index in [0.717, 1.165) is 23.3 Å². The second kappa shape index (κ2) is 3.67. The molecule has 4 nitrogen and oxygen atoms in total. The molecule has 0 amide bonds. The molecule has 5 heteroatoms. The van der Waals surface area contributed by atoms with Crippen LogP contribution in [0.3, 0.4) is 0 Å². The van der Waals surface area contributed by atoms with Crippen LogP contribution in [0.5, 0.6) is 5.88 Å². The van der Waals surface area contributed by atoms with E-state index >= 15 is 0 Å². The Bertz CT molecular complexity index is 300. The molecule has 1 aromatic heterocycles. The van der Waals surface area contributed by atoms with E-state index in [0.29, 0.717) is 6.61 Å². The first-order valence-electron chi connectivity index (χ1n) is 4.18. The van der Waals surface area contributed by atoms with E-state index in [-0.39, 0.29) is 6.10 Å². The van der Waals surface area contributed by atoms with Crippen molar-refractivity contribution in [2.24, 2.45) is 0 Å². The lowest BCUT2D eigenvalue weighted by Crippen LogP contribution is -2.17. The first-order chi connectivity index (χ1) is 6.31. The molecule has 13 heavy (non-hydrogen) atoms. The van der Waals surface area contributed by atoms with Gasteiger partial charge in [0.15, 0.2) is 0 Å². The Balaban J connectivity index is 2.24. The number of rotatable bonds is 1. The first kappa shape index (κ1) is 9.02. The molecule has 0 aromatic carbocycles. The Kier molecular flexibility index (Phi) is 2.55. The number of nitrogens with zero attached hydrogens (tertiary/aromatic N) is 2. The Morgan fingerprint density at radius 3 is 3.38 bits per heavy atom. The minimum absolute atomic E-state index is 0.202. The van der Waals surface area contributed by atoms with Crippen LogP contribution in [0.4, 0.5) is 0 Å². The minimum atomic E-state index is 0.202. The SMILES string of the molecule is COC1CCOc2c(Br)cnn2C1. The standard InChI is InChI=1S/C8H11BrN2O2/c1-12-6-2-3-13-8-7(9)4-10-11(8)5-6/h4,6H,2-3,5H2,1H3. The molecular formula is C8H11BrN2O2. The van der Waals surface area contributed by atoms with Gasteiger partial charge in [0.25, 0.3) is 0 Å². The molecule has 72 valence electrons. The number of fused-ring (bicyclic) bond motifs is 1.